The molecule has 0 bridgehead atoms. The Morgan fingerprint density at radius 1 is 1.26 bits per heavy atom. The Bertz CT molecular complexity index is 523. The van der Waals surface area contributed by atoms with E-state index in [1.165, 1.54) is 0 Å². The van der Waals surface area contributed by atoms with Gasteiger partial charge in [0.15, 0.2) is 11.5 Å². The minimum absolute atomic E-state index is 0.125. The van der Waals surface area contributed by atoms with E-state index in [2.05, 4.69) is 36.3 Å². The fourth-order valence-corrected chi connectivity index (χ4v) is 2.16. The lowest BCUT2D eigenvalue weighted by Crippen LogP contribution is -2.39. The van der Waals surface area contributed by atoms with E-state index in [0.717, 1.165) is 11.5 Å². The summed E-state index contributed by atoms with van der Waals surface area (Å²) in [5.41, 5.74) is 0.874. The van der Waals surface area contributed by atoms with Crippen molar-refractivity contribution >= 4 is 5.65 Å². The van der Waals surface area contributed by atoms with Gasteiger partial charge in [0.25, 0.3) is 0 Å². The van der Waals surface area contributed by atoms with Crippen molar-refractivity contribution in [3.05, 3.63) is 30.2 Å². The monoisotopic (exact) mass is 262 g/mol. The molecule has 2 aromatic rings. The number of fused-ring (bicyclic) bond motifs is 1. The second kappa shape index (κ2) is 6.12. The van der Waals surface area contributed by atoms with Crippen molar-refractivity contribution in [3.8, 4) is 0 Å². The first-order valence-electron chi connectivity index (χ1n) is 6.68. The summed E-state index contributed by atoms with van der Waals surface area (Å²) in [5.74, 6) is 1.43. The Balaban J connectivity index is 2.17. The van der Waals surface area contributed by atoms with E-state index >= 15 is 0 Å². The van der Waals surface area contributed by atoms with Crippen LogP contribution >= 0.6 is 0 Å². The summed E-state index contributed by atoms with van der Waals surface area (Å²) in [6, 6.07) is 6.34. The number of rotatable bonds is 6. The molecule has 2 unspecified atom stereocenters. The van der Waals surface area contributed by atoms with Crippen LogP contribution in [0.4, 0.5) is 0 Å². The zero-order chi connectivity index (χ0) is 13.8. The number of aromatic nitrogens is 3. The van der Waals surface area contributed by atoms with Crippen LogP contribution in [0.15, 0.2) is 24.4 Å². The van der Waals surface area contributed by atoms with Gasteiger partial charge in [0, 0.05) is 19.3 Å². The number of hydrogen-bond acceptors (Lipinski definition) is 4. The van der Waals surface area contributed by atoms with E-state index in [1.807, 2.05) is 28.8 Å². The highest BCUT2D eigenvalue weighted by atomic mass is 16.5. The third-order valence-corrected chi connectivity index (χ3v) is 3.34. The fraction of sp³-hybridized carbons (Fsp3) is 0.571. The molecule has 0 aromatic carbocycles. The lowest BCUT2D eigenvalue weighted by Gasteiger charge is -2.25. The maximum absolute atomic E-state index is 5.27. The first-order chi connectivity index (χ1) is 9.13. The summed E-state index contributed by atoms with van der Waals surface area (Å²) >= 11 is 0. The zero-order valence-electron chi connectivity index (χ0n) is 12.0. The SMILES string of the molecule is COCC(NC(C)c1nnc2ccccn12)C(C)C. The van der Waals surface area contributed by atoms with Gasteiger partial charge in [-0.2, -0.15) is 0 Å². The van der Waals surface area contributed by atoms with Crippen molar-refractivity contribution in [1.29, 1.82) is 0 Å². The van der Waals surface area contributed by atoms with Gasteiger partial charge in [-0.3, -0.25) is 4.40 Å². The number of pyridine rings is 1. The highest BCUT2D eigenvalue weighted by Crippen LogP contribution is 2.14. The van der Waals surface area contributed by atoms with E-state index in [4.69, 9.17) is 4.74 Å². The van der Waals surface area contributed by atoms with Gasteiger partial charge in [0.2, 0.25) is 0 Å². The van der Waals surface area contributed by atoms with Crippen LogP contribution in [0.25, 0.3) is 5.65 Å². The maximum Gasteiger partial charge on any atom is 0.160 e. The molecule has 0 radical (unpaired) electrons. The molecular weight excluding hydrogens is 240 g/mol. The van der Waals surface area contributed by atoms with Crippen LogP contribution in [-0.2, 0) is 4.74 Å². The number of nitrogens with one attached hydrogen (secondary N) is 1. The van der Waals surface area contributed by atoms with Crippen molar-refractivity contribution < 1.29 is 4.74 Å². The lowest BCUT2D eigenvalue weighted by molar-refractivity contribution is 0.141. The quantitative estimate of drug-likeness (QED) is 0.865. The predicted molar refractivity (Wildman–Crippen MR) is 75.0 cm³/mol. The van der Waals surface area contributed by atoms with Gasteiger partial charge in [-0.05, 0) is 25.0 Å². The average molecular weight is 262 g/mol. The number of ether oxygens (including phenoxy) is 1. The predicted octanol–water partition coefficient (Wildman–Crippen LogP) is 2.05. The van der Waals surface area contributed by atoms with Crippen LogP contribution in [0.1, 0.15) is 32.6 Å². The van der Waals surface area contributed by atoms with E-state index in [9.17, 15) is 0 Å². The van der Waals surface area contributed by atoms with Crippen LogP contribution in [0.3, 0.4) is 0 Å². The lowest BCUT2D eigenvalue weighted by atomic mass is 10.0. The van der Waals surface area contributed by atoms with Gasteiger partial charge in [0.05, 0.1) is 12.6 Å². The van der Waals surface area contributed by atoms with Crippen LogP contribution in [-0.4, -0.2) is 34.4 Å². The molecule has 0 aliphatic carbocycles. The molecular formula is C14H22N4O. The summed E-state index contributed by atoms with van der Waals surface area (Å²) in [6.07, 6.45) is 1.99. The second-order valence-corrected chi connectivity index (χ2v) is 5.18. The van der Waals surface area contributed by atoms with E-state index in [0.29, 0.717) is 18.6 Å². The molecule has 2 rings (SSSR count). The molecule has 0 saturated carbocycles. The fourth-order valence-electron chi connectivity index (χ4n) is 2.16. The van der Waals surface area contributed by atoms with Crippen molar-refractivity contribution in [2.45, 2.75) is 32.9 Å². The Labute approximate surface area is 114 Å². The molecule has 2 aromatic heterocycles. The molecule has 0 saturated heterocycles. The molecule has 0 spiro atoms. The minimum atomic E-state index is 0.125. The normalized spacial score (nSPS) is 15.0. The molecule has 0 amide bonds. The van der Waals surface area contributed by atoms with Gasteiger partial charge >= 0.3 is 0 Å². The third kappa shape index (κ3) is 3.11. The van der Waals surface area contributed by atoms with Crippen molar-refractivity contribution in [1.82, 2.24) is 19.9 Å². The molecule has 5 nitrogen and oxygen atoms in total. The standard InChI is InChI=1S/C14H22N4O/c1-10(2)12(9-19-4)15-11(3)14-17-16-13-7-5-6-8-18(13)14/h5-8,10-12,15H,9H2,1-4H3. The van der Waals surface area contributed by atoms with E-state index in [-0.39, 0.29) is 6.04 Å². The highest BCUT2D eigenvalue weighted by Gasteiger charge is 2.19. The van der Waals surface area contributed by atoms with Crippen LogP contribution in [0.5, 0.6) is 0 Å². The molecule has 5 heteroatoms. The van der Waals surface area contributed by atoms with Crippen molar-refractivity contribution in [3.63, 3.8) is 0 Å². The summed E-state index contributed by atoms with van der Waals surface area (Å²) in [7, 11) is 1.73. The van der Waals surface area contributed by atoms with Gasteiger partial charge in [-0.1, -0.05) is 19.9 Å². The molecule has 0 fully saturated rings. The maximum atomic E-state index is 5.27. The molecule has 104 valence electrons. The first kappa shape index (κ1) is 14.0. The molecule has 1 N–H and O–H groups in total. The van der Waals surface area contributed by atoms with Crippen LogP contribution < -0.4 is 5.32 Å². The molecule has 2 atom stereocenters. The summed E-state index contributed by atoms with van der Waals surface area (Å²) in [5, 5.41) is 12.0. The Kier molecular flexibility index (Phi) is 4.50. The zero-order valence-corrected chi connectivity index (χ0v) is 12.0. The van der Waals surface area contributed by atoms with Crippen molar-refractivity contribution in [2.75, 3.05) is 13.7 Å². The highest BCUT2D eigenvalue weighted by molar-refractivity contribution is 5.37. The molecule has 0 aliphatic rings. The number of methoxy groups -OCH3 is 1. The summed E-state index contributed by atoms with van der Waals surface area (Å²) in [4.78, 5) is 0. The van der Waals surface area contributed by atoms with Crippen LogP contribution in [0.2, 0.25) is 0 Å². The number of nitrogens with zero attached hydrogens (tertiary/aromatic N) is 3. The molecule has 19 heavy (non-hydrogen) atoms. The Hall–Kier alpha value is -1.46. The van der Waals surface area contributed by atoms with E-state index in [1.54, 1.807) is 7.11 Å². The smallest absolute Gasteiger partial charge is 0.160 e. The molecule has 0 aliphatic heterocycles. The average Bonchev–Trinajstić information content (AvgIpc) is 2.81. The van der Waals surface area contributed by atoms with Crippen LogP contribution in [0, 0.1) is 5.92 Å². The van der Waals surface area contributed by atoms with Crippen molar-refractivity contribution in [2.24, 2.45) is 5.92 Å². The van der Waals surface area contributed by atoms with Gasteiger partial charge < -0.3 is 10.1 Å². The summed E-state index contributed by atoms with van der Waals surface area (Å²) < 4.78 is 7.28. The topological polar surface area (TPSA) is 51.5 Å². The third-order valence-electron chi connectivity index (χ3n) is 3.34. The first-order valence-corrected chi connectivity index (χ1v) is 6.68. The van der Waals surface area contributed by atoms with Gasteiger partial charge in [-0.25, -0.2) is 0 Å². The molecule has 2 heterocycles. The minimum Gasteiger partial charge on any atom is -0.383 e. The van der Waals surface area contributed by atoms with E-state index < -0.39 is 0 Å². The largest absolute Gasteiger partial charge is 0.383 e. The van der Waals surface area contributed by atoms with Gasteiger partial charge in [-0.15, -0.1) is 10.2 Å². The number of hydrogen-bond donors (Lipinski definition) is 1. The van der Waals surface area contributed by atoms with Gasteiger partial charge in [0.1, 0.15) is 0 Å². The Morgan fingerprint density at radius 3 is 2.74 bits per heavy atom. The Morgan fingerprint density at radius 2 is 2.05 bits per heavy atom. The second-order valence-electron chi connectivity index (χ2n) is 5.18. The summed E-state index contributed by atoms with van der Waals surface area (Å²) in [6.45, 7) is 7.17.